The molecule has 0 unspecified atom stereocenters. The van der Waals surface area contributed by atoms with Crippen LogP contribution in [-0.4, -0.2) is 24.5 Å². The van der Waals surface area contributed by atoms with Crippen LogP contribution in [0, 0.1) is 6.92 Å². The number of nitrogens with zero attached hydrogens (tertiary/aromatic N) is 2. The van der Waals surface area contributed by atoms with Gasteiger partial charge in [-0.05, 0) is 24.0 Å². The Bertz CT molecular complexity index is 625. The second kappa shape index (κ2) is 5.92. The molecule has 2 rings (SSSR count). The van der Waals surface area contributed by atoms with Gasteiger partial charge in [-0.1, -0.05) is 29.8 Å². The largest absolute Gasteiger partial charge is 0.465 e. The van der Waals surface area contributed by atoms with Crippen molar-refractivity contribution < 1.29 is 9.53 Å². The molecule has 106 valence electrons. The van der Waals surface area contributed by atoms with Crippen LogP contribution in [0.1, 0.15) is 21.5 Å². The van der Waals surface area contributed by atoms with Crippen LogP contribution in [0.2, 0.25) is 0 Å². The maximum atomic E-state index is 11.8. The number of methoxy groups -OCH3 is 1. The number of nitrogen functional groups attached to an aromatic ring is 1. The quantitative estimate of drug-likeness (QED) is 0.876. The molecule has 2 N–H and O–H groups in total. The van der Waals surface area contributed by atoms with Crippen LogP contribution in [0.25, 0.3) is 0 Å². The third-order valence-electron chi connectivity index (χ3n) is 2.94. The summed E-state index contributed by atoms with van der Waals surface area (Å²) in [6.45, 7) is 2.72. The van der Waals surface area contributed by atoms with E-state index in [9.17, 15) is 4.79 Å². The molecule has 1 aromatic heterocycles. The zero-order chi connectivity index (χ0) is 14.7. The number of nitrogens with two attached hydrogens (primary N) is 1. The van der Waals surface area contributed by atoms with Crippen LogP contribution in [0.15, 0.2) is 24.3 Å². The summed E-state index contributed by atoms with van der Waals surface area (Å²) >= 11 is 1.20. The van der Waals surface area contributed by atoms with E-state index in [0.29, 0.717) is 12.1 Å². The summed E-state index contributed by atoms with van der Waals surface area (Å²) in [6, 6.07) is 8.22. The lowest BCUT2D eigenvalue weighted by atomic mass is 10.1. The fourth-order valence-corrected chi connectivity index (χ4v) is 2.76. The minimum atomic E-state index is -0.456. The number of hydrogen-bond donors (Lipinski definition) is 1. The van der Waals surface area contributed by atoms with Crippen LogP contribution in [-0.2, 0) is 11.3 Å². The average Bonchev–Trinajstić information content (AvgIpc) is 2.80. The molecule has 2 aromatic rings. The second-order valence-electron chi connectivity index (χ2n) is 4.58. The number of hydrogen-bond acceptors (Lipinski definition) is 6. The number of aryl methyl sites for hydroxylation is 1. The first-order chi connectivity index (χ1) is 9.52. The van der Waals surface area contributed by atoms with Gasteiger partial charge in [0.05, 0.1) is 7.11 Å². The molecule has 1 heterocycles. The molecule has 0 fully saturated rings. The SMILES string of the molecule is COC(=O)c1c(N)nsc1N(C)Cc1cccc(C)c1. The number of benzene rings is 1. The fourth-order valence-electron chi connectivity index (χ4n) is 2.00. The maximum absolute atomic E-state index is 11.8. The van der Waals surface area contributed by atoms with E-state index in [1.807, 2.05) is 37.1 Å². The van der Waals surface area contributed by atoms with E-state index in [1.165, 1.54) is 24.2 Å². The first-order valence-electron chi connectivity index (χ1n) is 6.13. The molecule has 20 heavy (non-hydrogen) atoms. The van der Waals surface area contributed by atoms with Crippen molar-refractivity contribution in [1.82, 2.24) is 4.37 Å². The molecule has 0 bridgehead atoms. The second-order valence-corrected chi connectivity index (χ2v) is 5.34. The van der Waals surface area contributed by atoms with Gasteiger partial charge in [0.15, 0.2) is 5.82 Å². The fraction of sp³-hybridized carbons (Fsp3) is 0.286. The summed E-state index contributed by atoms with van der Waals surface area (Å²) in [7, 11) is 3.24. The van der Waals surface area contributed by atoms with Gasteiger partial charge in [-0.3, -0.25) is 0 Å². The van der Waals surface area contributed by atoms with Crippen LogP contribution < -0.4 is 10.6 Å². The van der Waals surface area contributed by atoms with Gasteiger partial charge < -0.3 is 15.4 Å². The van der Waals surface area contributed by atoms with Gasteiger partial charge in [0.2, 0.25) is 0 Å². The Labute approximate surface area is 122 Å². The van der Waals surface area contributed by atoms with E-state index in [-0.39, 0.29) is 5.82 Å². The number of esters is 1. The summed E-state index contributed by atoms with van der Waals surface area (Å²) in [4.78, 5) is 13.7. The summed E-state index contributed by atoms with van der Waals surface area (Å²) in [5.74, 6) is -0.240. The Morgan fingerprint density at radius 1 is 1.50 bits per heavy atom. The Kier molecular flexibility index (Phi) is 4.24. The van der Waals surface area contributed by atoms with Crippen molar-refractivity contribution in [3.63, 3.8) is 0 Å². The Balaban J connectivity index is 2.26. The van der Waals surface area contributed by atoms with Gasteiger partial charge in [0.1, 0.15) is 10.6 Å². The predicted molar refractivity (Wildman–Crippen MR) is 81.2 cm³/mol. The Hall–Kier alpha value is -2.08. The van der Waals surface area contributed by atoms with Crippen molar-refractivity contribution in [2.75, 3.05) is 24.8 Å². The van der Waals surface area contributed by atoms with Crippen molar-refractivity contribution >= 4 is 28.3 Å². The number of rotatable bonds is 4. The summed E-state index contributed by atoms with van der Waals surface area (Å²) < 4.78 is 8.80. The van der Waals surface area contributed by atoms with Crippen molar-refractivity contribution in [2.45, 2.75) is 13.5 Å². The van der Waals surface area contributed by atoms with E-state index in [0.717, 1.165) is 10.6 Å². The molecule has 0 amide bonds. The van der Waals surface area contributed by atoms with Crippen LogP contribution in [0.4, 0.5) is 10.8 Å². The summed E-state index contributed by atoms with van der Waals surface area (Å²) in [5.41, 5.74) is 8.45. The molecule has 0 spiro atoms. The van der Waals surface area contributed by atoms with Crippen molar-refractivity contribution in [3.05, 3.63) is 41.0 Å². The minimum Gasteiger partial charge on any atom is -0.465 e. The topological polar surface area (TPSA) is 68.5 Å². The van der Waals surface area contributed by atoms with E-state index < -0.39 is 5.97 Å². The molecule has 0 atom stereocenters. The highest BCUT2D eigenvalue weighted by Gasteiger charge is 2.22. The number of anilines is 2. The first kappa shape index (κ1) is 14.3. The maximum Gasteiger partial charge on any atom is 0.344 e. The smallest absolute Gasteiger partial charge is 0.344 e. The molecule has 0 aliphatic carbocycles. The normalized spacial score (nSPS) is 10.3. The average molecular weight is 291 g/mol. The zero-order valence-electron chi connectivity index (χ0n) is 11.7. The van der Waals surface area contributed by atoms with Gasteiger partial charge in [-0.25, -0.2) is 4.79 Å². The zero-order valence-corrected chi connectivity index (χ0v) is 12.5. The van der Waals surface area contributed by atoms with Gasteiger partial charge >= 0.3 is 5.97 Å². The molecule has 0 saturated carbocycles. The molecule has 0 saturated heterocycles. The highest BCUT2D eigenvalue weighted by molar-refractivity contribution is 7.11. The predicted octanol–water partition coefficient (Wildman–Crippen LogP) is 2.46. The minimum absolute atomic E-state index is 0.216. The monoisotopic (exact) mass is 291 g/mol. The van der Waals surface area contributed by atoms with Gasteiger partial charge in [0, 0.05) is 13.6 Å². The van der Waals surface area contributed by atoms with Gasteiger partial charge in [-0.15, -0.1) is 0 Å². The van der Waals surface area contributed by atoms with Crippen LogP contribution in [0.3, 0.4) is 0 Å². The summed E-state index contributed by atoms with van der Waals surface area (Å²) in [5, 5.41) is 0.718. The molecule has 0 aliphatic heterocycles. The number of aromatic nitrogens is 1. The van der Waals surface area contributed by atoms with Crippen molar-refractivity contribution in [2.24, 2.45) is 0 Å². The summed E-state index contributed by atoms with van der Waals surface area (Å²) in [6.07, 6.45) is 0. The lowest BCUT2D eigenvalue weighted by Gasteiger charge is -2.18. The van der Waals surface area contributed by atoms with E-state index in [1.54, 1.807) is 0 Å². The Morgan fingerprint density at radius 2 is 2.25 bits per heavy atom. The van der Waals surface area contributed by atoms with Gasteiger partial charge in [0.25, 0.3) is 0 Å². The highest BCUT2D eigenvalue weighted by atomic mass is 32.1. The van der Waals surface area contributed by atoms with E-state index in [4.69, 9.17) is 10.5 Å². The molecular formula is C14H17N3O2S. The number of ether oxygens (including phenoxy) is 1. The number of carbonyl (C=O) groups is 1. The third-order valence-corrected chi connectivity index (χ3v) is 3.92. The van der Waals surface area contributed by atoms with Crippen molar-refractivity contribution in [3.8, 4) is 0 Å². The molecular weight excluding hydrogens is 274 g/mol. The third kappa shape index (κ3) is 2.91. The molecule has 1 aromatic carbocycles. The molecule has 0 aliphatic rings. The van der Waals surface area contributed by atoms with Crippen LogP contribution in [0.5, 0.6) is 0 Å². The highest BCUT2D eigenvalue weighted by Crippen LogP contribution is 2.31. The van der Waals surface area contributed by atoms with Crippen molar-refractivity contribution in [1.29, 1.82) is 0 Å². The lowest BCUT2D eigenvalue weighted by molar-refractivity contribution is 0.0603. The first-order valence-corrected chi connectivity index (χ1v) is 6.90. The standard InChI is InChI=1S/C14H17N3O2S/c1-9-5-4-6-10(7-9)8-17(2)13-11(14(18)19-3)12(15)16-20-13/h4-7H,8H2,1-3H3,(H2,15,16). The van der Waals surface area contributed by atoms with E-state index >= 15 is 0 Å². The number of carbonyl (C=O) groups excluding carboxylic acids is 1. The molecule has 5 nitrogen and oxygen atoms in total. The van der Waals surface area contributed by atoms with Gasteiger partial charge in [-0.2, -0.15) is 4.37 Å². The Morgan fingerprint density at radius 3 is 2.90 bits per heavy atom. The lowest BCUT2D eigenvalue weighted by Crippen LogP contribution is -2.18. The van der Waals surface area contributed by atoms with E-state index in [2.05, 4.69) is 10.4 Å². The van der Waals surface area contributed by atoms with Crippen LogP contribution >= 0.6 is 11.5 Å². The molecule has 0 radical (unpaired) electrons. The molecule has 6 heteroatoms.